The van der Waals surface area contributed by atoms with E-state index < -0.39 is 10.7 Å². The van der Waals surface area contributed by atoms with E-state index in [-0.39, 0.29) is 17.4 Å². The molecule has 2 amide bonds. The zero-order valence-corrected chi connectivity index (χ0v) is 11.7. The molecule has 1 aliphatic heterocycles. The highest BCUT2D eigenvalue weighted by molar-refractivity contribution is 5.74. The Morgan fingerprint density at radius 3 is 2.62 bits per heavy atom. The van der Waals surface area contributed by atoms with E-state index in [0.29, 0.717) is 32.7 Å². The summed E-state index contributed by atoms with van der Waals surface area (Å²) in [6, 6.07) is 3.26. The number of anilines is 1. The maximum Gasteiger partial charge on any atom is 0.317 e. The van der Waals surface area contributed by atoms with E-state index >= 15 is 0 Å². The van der Waals surface area contributed by atoms with Crippen LogP contribution in [0, 0.1) is 15.9 Å². The van der Waals surface area contributed by atoms with E-state index in [4.69, 9.17) is 0 Å². The first-order chi connectivity index (χ1) is 10.0. The molecular formula is C13H17FN4O3. The van der Waals surface area contributed by atoms with Gasteiger partial charge in [0, 0.05) is 44.9 Å². The quantitative estimate of drug-likeness (QED) is 0.678. The Labute approximate surface area is 121 Å². The van der Waals surface area contributed by atoms with Gasteiger partial charge in [0.2, 0.25) is 0 Å². The van der Waals surface area contributed by atoms with Crippen molar-refractivity contribution in [3.8, 4) is 0 Å². The van der Waals surface area contributed by atoms with Crippen LogP contribution in [0.1, 0.15) is 6.92 Å². The Kier molecular flexibility index (Phi) is 4.56. The third-order valence-electron chi connectivity index (χ3n) is 3.37. The van der Waals surface area contributed by atoms with Crippen molar-refractivity contribution in [2.24, 2.45) is 0 Å². The van der Waals surface area contributed by atoms with Gasteiger partial charge in [0.25, 0.3) is 5.69 Å². The molecule has 114 valence electrons. The zero-order chi connectivity index (χ0) is 15.4. The van der Waals surface area contributed by atoms with Crippen LogP contribution in [0.5, 0.6) is 0 Å². The molecule has 0 bridgehead atoms. The van der Waals surface area contributed by atoms with Crippen molar-refractivity contribution < 1.29 is 14.1 Å². The number of hydrogen-bond acceptors (Lipinski definition) is 4. The number of benzene rings is 1. The minimum Gasteiger partial charge on any atom is -0.362 e. The van der Waals surface area contributed by atoms with Crippen molar-refractivity contribution in [3.63, 3.8) is 0 Å². The second-order valence-corrected chi connectivity index (χ2v) is 4.70. The number of rotatable bonds is 3. The van der Waals surface area contributed by atoms with Crippen molar-refractivity contribution in [1.82, 2.24) is 10.2 Å². The Balaban J connectivity index is 2.10. The molecule has 0 unspecified atom stereocenters. The lowest BCUT2D eigenvalue weighted by atomic mass is 10.2. The summed E-state index contributed by atoms with van der Waals surface area (Å²) in [6.07, 6.45) is 0. The first kappa shape index (κ1) is 15.0. The maximum atomic E-state index is 13.3. The molecule has 1 aromatic rings. The van der Waals surface area contributed by atoms with Crippen LogP contribution in [0.2, 0.25) is 0 Å². The van der Waals surface area contributed by atoms with Crippen LogP contribution in [-0.2, 0) is 0 Å². The number of nitrogens with one attached hydrogen (secondary N) is 1. The monoisotopic (exact) mass is 296 g/mol. The van der Waals surface area contributed by atoms with E-state index in [1.165, 1.54) is 12.1 Å². The normalized spacial score (nSPS) is 15.0. The van der Waals surface area contributed by atoms with Crippen LogP contribution < -0.4 is 10.2 Å². The van der Waals surface area contributed by atoms with Crippen LogP contribution in [0.4, 0.5) is 20.6 Å². The molecule has 1 saturated heterocycles. The second kappa shape index (κ2) is 6.38. The van der Waals surface area contributed by atoms with E-state index in [1.807, 2.05) is 6.92 Å². The lowest BCUT2D eigenvalue weighted by molar-refractivity contribution is -0.384. The summed E-state index contributed by atoms with van der Waals surface area (Å²) in [5.41, 5.74) is 0.137. The van der Waals surface area contributed by atoms with Gasteiger partial charge in [-0.05, 0) is 13.0 Å². The van der Waals surface area contributed by atoms with Crippen molar-refractivity contribution in [1.29, 1.82) is 0 Å². The average molecular weight is 296 g/mol. The van der Waals surface area contributed by atoms with Gasteiger partial charge in [0.1, 0.15) is 11.5 Å². The molecule has 2 rings (SSSR count). The smallest absolute Gasteiger partial charge is 0.317 e. The minimum absolute atomic E-state index is 0.122. The van der Waals surface area contributed by atoms with Crippen molar-refractivity contribution in [2.75, 3.05) is 37.6 Å². The molecule has 0 atom stereocenters. The van der Waals surface area contributed by atoms with E-state index in [9.17, 15) is 19.3 Å². The first-order valence-electron chi connectivity index (χ1n) is 6.74. The maximum absolute atomic E-state index is 13.3. The molecule has 0 saturated carbocycles. The molecule has 21 heavy (non-hydrogen) atoms. The van der Waals surface area contributed by atoms with E-state index in [2.05, 4.69) is 5.32 Å². The van der Waals surface area contributed by atoms with Gasteiger partial charge >= 0.3 is 6.03 Å². The Morgan fingerprint density at radius 2 is 2.05 bits per heavy atom. The Morgan fingerprint density at radius 1 is 1.38 bits per heavy atom. The number of carbonyl (C=O) groups is 1. The molecule has 0 radical (unpaired) electrons. The van der Waals surface area contributed by atoms with Gasteiger partial charge in [-0.3, -0.25) is 10.1 Å². The molecule has 1 fully saturated rings. The summed E-state index contributed by atoms with van der Waals surface area (Å²) in [5.74, 6) is -0.512. The molecular weight excluding hydrogens is 279 g/mol. The summed E-state index contributed by atoms with van der Waals surface area (Å²) in [5, 5.41) is 13.7. The summed E-state index contributed by atoms with van der Waals surface area (Å²) >= 11 is 0. The van der Waals surface area contributed by atoms with Gasteiger partial charge < -0.3 is 15.1 Å². The topological polar surface area (TPSA) is 78.7 Å². The van der Waals surface area contributed by atoms with E-state index in [0.717, 1.165) is 6.07 Å². The van der Waals surface area contributed by atoms with Crippen LogP contribution >= 0.6 is 0 Å². The zero-order valence-electron chi connectivity index (χ0n) is 11.7. The molecule has 0 spiro atoms. The third-order valence-corrected chi connectivity index (χ3v) is 3.37. The van der Waals surface area contributed by atoms with E-state index in [1.54, 1.807) is 9.80 Å². The highest BCUT2D eigenvalue weighted by atomic mass is 19.1. The van der Waals surface area contributed by atoms with Gasteiger partial charge in [-0.1, -0.05) is 0 Å². The van der Waals surface area contributed by atoms with Gasteiger partial charge in [0.05, 0.1) is 4.92 Å². The molecule has 8 heteroatoms. The lowest BCUT2D eigenvalue weighted by Gasteiger charge is -2.35. The number of urea groups is 1. The highest BCUT2D eigenvalue weighted by Gasteiger charge is 2.25. The number of hydrogen-bond donors (Lipinski definition) is 1. The average Bonchev–Trinajstić information content (AvgIpc) is 2.47. The number of nitrogens with zero attached hydrogens (tertiary/aromatic N) is 3. The van der Waals surface area contributed by atoms with Crippen molar-refractivity contribution in [3.05, 3.63) is 34.1 Å². The van der Waals surface area contributed by atoms with Gasteiger partial charge in [-0.2, -0.15) is 0 Å². The summed E-state index contributed by atoms with van der Waals surface area (Å²) < 4.78 is 13.3. The fourth-order valence-electron chi connectivity index (χ4n) is 2.32. The molecule has 1 heterocycles. The number of amides is 2. The predicted octanol–water partition coefficient (Wildman–Crippen LogP) is 1.59. The van der Waals surface area contributed by atoms with Gasteiger partial charge in [-0.15, -0.1) is 0 Å². The fourth-order valence-corrected chi connectivity index (χ4v) is 2.32. The van der Waals surface area contributed by atoms with Gasteiger partial charge in [0.15, 0.2) is 0 Å². The molecule has 1 aliphatic rings. The van der Waals surface area contributed by atoms with Crippen LogP contribution in [0.25, 0.3) is 0 Å². The molecule has 7 nitrogen and oxygen atoms in total. The summed E-state index contributed by atoms with van der Waals surface area (Å²) in [7, 11) is 0. The largest absolute Gasteiger partial charge is 0.362 e. The molecule has 1 N–H and O–H groups in total. The van der Waals surface area contributed by atoms with Crippen LogP contribution in [0.3, 0.4) is 0 Å². The van der Waals surface area contributed by atoms with Crippen molar-refractivity contribution in [2.45, 2.75) is 6.92 Å². The van der Waals surface area contributed by atoms with Crippen LogP contribution in [-0.4, -0.2) is 48.6 Å². The third kappa shape index (κ3) is 3.39. The molecule has 1 aromatic carbocycles. The number of nitro groups is 1. The number of halogens is 1. The second-order valence-electron chi connectivity index (χ2n) is 4.70. The first-order valence-corrected chi connectivity index (χ1v) is 6.74. The SMILES string of the molecule is CCNC(=O)N1CCN(c2cc(F)ccc2[N+](=O)[O-])CC1. The summed E-state index contributed by atoms with van der Waals surface area (Å²) in [4.78, 5) is 25.6. The fraction of sp³-hybridized carbons (Fsp3) is 0.462. The lowest BCUT2D eigenvalue weighted by Crippen LogP contribution is -2.52. The molecule has 0 aliphatic carbocycles. The van der Waals surface area contributed by atoms with Gasteiger partial charge in [-0.25, -0.2) is 9.18 Å². The number of piperazine rings is 1. The number of nitro benzene ring substituents is 1. The Bertz CT molecular complexity index is 544. The number of carbonyl (C=O) groups excluding carboxylic acids is 1. The Hall–Kier alpha value is -2.38. The highest BCUT2D eigenvalue weighted by Crippen LogP contribution is 2.29. The predicted molar refractivity (Wildman–Crippen MR) is 75.9 cm³/mol. The standard InChI is InChI=1S/C13H17FN4O3/c1-2-15-13(19)17-7-5-16(6-8-17)12-9-10(14)3-4-11(12)18(20)21/h3-4,9H,2,5-8H2,1H3,(H,15,19). The summed E-state index contributed by atoms with van der Waals surface area (Å²) in [6.45, 7) is 4.14. The van der Waals surface area contributed by atoms with Crippen molar-refractivity contribution >= 4 is 17.4 Å². The minimum atomic E-state index is -0.523. The van der Waals surface area contributed by atoms with Crippen LogP contribution in [0.15, 0.2) is 18.2 Å². The molecule has 0 aromatic heterocycles.